The summed E-state index contributed by atoms with van der Waals surface area (Å²) in [5.41, 5.74) is 10.8. The molecule has 4 aromatic rings. The molecule has 5 rings (SSSR count). The summed E-state index contributed by atoms with van der Waals surface area (Å²) >= 11 is 5.66. The van der Waals surface area contributed by atoms with Crippen LogP contribution in [0.15, 0.2) is 77.8 Å². The van der Waals surface area contributed by atoms with E-state index in [-0.39, 0.29) is 5.91 Å². The highest BCUT2D eigenvalue weighted by atomic mass is 35.5. The molecule has 3 aromatic carbocycles. The van der Waals surface area contributed by atoms with Crippen LogP contribution in [0.25, 0.3) is 11.0 Å². The summed E-state index contributed by atoms with van der Waals surface area (Å²) in [7, 11) is 0.00907. The highest BCUT2D eigenvalue weighted by Gasteiger charge is 2.16. The summed E-state index contributed by atoms with van der Waals surface area (Å²) in [5, 5.41) is 2.37. The second-order valence-electron chi connectivity index (χ2n) is 8.07. The van der Waals surface area contributed by atoms with E-state index in [0.717, 1.165) is 11.3 Å². The molecule has 0 radical (unpaired) electrons. The van der Waals surface area contributed by atoms with Gasteiger partial charge < -0.3 is 15.2 Å². The normalized spacial score (nSPS) is 14.2. The number of morpholine rings is 1. The van der Waals surface area contributed by atoms with E-state index in [9.17, 15) is 9.00 Å². The standard InChI is InChI=1S/C19H19N5O3S.C7H8ClNO/c25-19(22-24-8-10-27-11-9-24)14-4-3-5-15(12-14)28(26)23-18-13-20-16-6-1-2-7-17(16)21-18;1-10-5-2-3-6(8)7(9)4-5/h1-7,12-13H,8-11H2,(H,21,23)(H,22,25);2-4H,9H2,1H3. The highest BCUT2D eigenvalue weighted by Crippen LogP contribution is 2.23. The van der Waals surface area contributed by atoms with Crippen molar-refractivity contribution in [3.8, 4) is 5.75 Å². The van der Waals surface area contributed by atoms with E-state index in [4.69, 9.17) is 26.8 Å². The molecule has 198 valence electrons. The summed E-state index contributed by atoms with van der Waals surface area (Å²) in [6.45, 7) is 2.45. The number of nitrogens with two attached hydrogens (primary N) is 1. The van der Waals surface area contributed by atoms with Crippen molar-refractivity contribution >= 4 is 51.0 Å². The quantitative estimate of drug-likeness (QED) is 0.308. The number of hydrogen-bond acceptors (Lipinski definition) is 8. The number of amides is 1. The minimum Gasteiger partial charge on any atom is -0.497 e. The first-order valence-corrected chi connectivity index (χ1v) is 13.2. The molecule has 12 heteroatoms. The largest absolute Gasteiger partial charge is 0.497 e. The molecule has 4 N–H and O–H groups in total. The number of hydrogen-bond donors (Lipinski definition) is 3. The van der Waals surface area contributed by atoms with Gasteiger partial charge in [-0.2, -0.15) is 0 Å². The molecule has 1 fully saturated rings. The van der Waals surface area contributed by atoms with Crippen LogP contribution in [-0.2, 0) is 15.7 Å². The number of halogens is 1. The van der Waals surface area contributed by atoms with E-state index >= 15 is 0 Å². The average Bonchev–Trinajstić information content (AvgIpc) is 2.95. The highest BCUT2D eigenvalue weighted by molar-refractivity contribution is 7.86. The van der Waals surface area contributed by atoms with Gasteiger partial charge in [0, 0.05) is 24.7 Å². The third-order valence-electron chi connectivity index (χ3n) is 5.43. The molecule has 1 aromatic heterocycles. The van der Waals surface area contributed by atoms with Gasteiger partial charge in [-0.05, 0) is 42.5 Å². The third kappa shape index (κ3) is 7.39. The van der Waals surface area contributed by atoms with Crippen LogP contribution in [-0.4, -0.2) is 58.5 Å². The Morgan fingerprint density at radius 3 is 2.58 bits per heavy atom. The van der Waals surface area contributed by atoms with Crippen LogP contribution in [0.1, 0.15) is 10.4 Å². The van der Waals surface area contributed by atoms with Crippen molar-refractivity contribution < 1.29 is 18.5 Å². The Morgan fingerprint density at radius 2 is 1.84 bits per heavy atom. The molecule has 1 aliphatic heterocycles. The number of nitrogens with one attached hydrogen (secondary N) is 2. The number of rotatable bonds is 6. The zero-order chi connectivity index (χ0) is 26.9. The zero-order valence-corrected chi connectivity index (χ0v) is 22.2. The lowest BCUT2D eigenvalue weighted by molar-refractivity contribution is 0.0126. The summed E-state index contributed by atoms with van der Waals surface area (Å²) < 4.78 is 25.7. The fraction of sp³-hybridized carbons (Fsp3) is 0.192. The monoisotopic (exact) mass is 554 g/mol. The van der Waals surface area contributed by atoms with Gasteiger partial charge in [-0.15, -0.1) is 0 Å². The third-order valence-corrected chi connectivity index (χ3v) is 6.85. The van der Waals surface area contributed by atoms with Crippen LogP contribution >= 0.6 is 11.6 Å². The Hall–Kier alpha value is -3.77. The van der Waals surface area contributed by atoms with E-state index < -0.39 is 11.0 Å². The molecule has 0 saturated carbocycles. The number of hydrazine groups is 1. The Morgan fingerprint density at radius 1 is 1.08 bits per heavy atom. The lowest BCUT2D eigenvalue weighted by Gasteiger charge is -2.26. The predicted molar refractivity (Wildman–Crippen MR) is 148 cm³/mol. The van der Waals surface area contributed by atoms with Gasteiger partial charge in [-0.3, -0.25) is 19.9 Å². The molecule has 1 atom stereocenters. The van der Waals surface area contributed by atoms with Gasteiger partial charge in [0.1, 0.15) is 5.75 Å². The first kappa shape index (κ1) is 27.3. The van der Waals surface area contributed by atoms with Crippen LogP contribution in [0.2, 0.25) is 5.02 Å². The fourth-order valence-electron chi connectivity index (χ4n) is 3.45. The number of para-hydroxylation sites is 2. The lowest BCUT2D eigenvalue weighted by atomic mass is 10.2. The Balaban J connectivity index is 0.000000283. The van der Waals surface area contributed by atoms with E-state index in [1.54, 1.807) is 49.6 Å². The molecular weight excluding hydrogens is 528 g/mol. The minimum atomic E-state index is -1.58. The van der Waals surface area contributed by atoms with Crippen molar-refractivity contribution in [2.24, 2.45) is 0 Å². The van der Waals surface area contributed by atoms with Crippen LogP contribution in [0, 0.1) is 0 Å². The number of ether oxygens (including phenoxy) is 2. The van der Waals surface area contributed by atoms with Gasteiger partial charge in [0.25, 0.3) is 5.91 Å². The lowest BCUT2D eigenvalue weighted by Crippen LogP contribution is -2.48. The van der Waals surface area contributed by atoms with Gasteiger partial charge in [-0.25, -0.2) is 14.2 Å². The second-order valence-corrected chi connectivity index (χ2v) is 9.69. The molecule has 1 unspecified atom stereocenters. The zero-order valence-electron chi connectivity index (χ0n) is 20.6. The number of carbonyl (C=O) groups is 1. The van der Waals surface area contributed by atoms with E-state index in [1.807, 2.05) is 29.3 Å². The molecule has 2 heterocycles. The number of nitrogens with zero attached hydrogens (tertiary/aromatic N) is 3. The Labute approximate surface area is 227 Å². The van der Waals surface area contributed by atoms with Crippen molar-refractivity contribution in [1.29, 1.82) is 0 Å². The Kier molecular flexibility index (Phi) is 9.44. The summed E-state index contributed by atoms with van der Waals surface area (Å²) in [4.78, 5) is 21.6. The second kappa shape index (κ2) is 13.2. The fourth-order valence-corrected chi connectivity index (χ4v) is 4.40. The number of fused-ring (bicyclic) bond motifs is 1. The average molecular weight is 555 g/mol. The topological polar surface area (TPSA) is 132 Å². The van der Waals surface area contributed by atoms with Crippen LogP contribution in [0.4, 0.5) is 11.5 Å². The van der Waals surface area contributed by atoms with E-state index in [2.05, 4.69) is 20.1 Å². The molecule has 1 amide bonds. The molecule has 0 spiro atoms. The van der Waals surface area contributed by atoms with Crippen molar-refractivity contribution in [3.63, 3.8) is 0 Å². The number of carbonyl (C=O) groups excluding carboxylic acids is 1. The van der Waals surface area contributed by atoms with Crippen molar-refractivity contribution in [1.82, 2.24) is 20.4 Å². The van der Waals surface area contributed by atoms with E-state index in [0.29, 0.717) is 58.8 Å². The van der Waals surface area contributed by atoms with Crippen LogP contribution < -0.4 is 20.6 Å². The molecule has 1 saturated heterocycles. The van der Waals surface area contributed by atoms with Gasteiger partial charge in [-0.1, -0.05) is 29.8 Å². The molecule has 38 heavy (non-hydrogen) atoms. The molecule has 10 nitrogen and oxygen atoms in total. The number of anilines is 2. The smallest absolute Gasteiger partial charge is 0.265 e. The maximum absolute atomic E-state index is 12.7. The number of benzene rings is 3. The molecule has 0 aliphatic carbocycles. The first-order chi connectivity index (χ1) is 18.4. The predicted octanol–water partition coefficient (Wildman–Crippen LogP) is 3.67. The molecule has 1 aliphatic rings. The van der Waals surface area contributed by atoms with Gasteiger partial charge >= 0.3 is 0 Å². The van der Waals surface area contributed by atoms with Crippen molar-refractivity contribution in [2.45, 2.75) is 4.90 Å². The number of nitrogen functional groups attached to an aromatic ring is 1. The summed E-state index contributed by atoms with van der Waals surface area (Å²) in [6, 6.07) is 19.3. The molecule has 0 bridgehead atoms. The number of methoxy groups -OCH3 is 1. The number of aromatic nitrogens is 2. The first-order valence-electron chi connectivity index (χ1n) is 11.7. The SMILES string of the molecule is COc1ccc(Cl)c(N)c1.O=C(NN1CCOCC1)c1cccc(S(=O)Nc2cnc3ccccc3n2)c1. The summed E-state index contributed by atoms with van der Waals surface area (Å²) in [6.07, 6.45) is 1.54. The minimum absolute atomic E-state index is 0.244. The summed E-state index contributed by atoms with van der Waals surface area (Å²) in [5.74, 6) is 0.883. The van der Waals surface area contributed by atoms with Gasteiger partial charge in [0.15, 0.2) is 16.8 Å². The Bertz CT molecular complexity index is 1430. The van der Waals surface area contributed by atoms with Gasteiger partial charge in [0.2, 0.25) is 0 Å². The maximum Gasteiger partial charge on any atom is 0.265 e. The van der Waals surface area contributed by atoms with E-state index in [1.165, 1.54) is 6.20 Å². The van der Waals surface area contributed by atoms with Gasteiger partial charge in [0.05, 0.1) is 53.2 Å². The van der Waals surface area contributed by atoms with Crippen molar-refractivity contribution in [3.05, 3.63) is 83.5 Å². The van der Waals surface area contributed by atoms with Crippen molar-refractivity contribution in [2.75, 3.05) is 43.9 Å². The van der Waals surface area contributed by atoms with Crippen LogP contribution in [0.3, 0.4) is 0 Å². The maximum atomic E-state index is 12.7. The van der Waals surface area contributed by atoms with Crippen LogP contribution in [0.5, 0.6) is 5.75 Å². The molecular formula is C26H27ClN6O4S.